The van der Waals surface area contributed by atoms with E-state index in [-0.39, 0.29) is 0 Å². The Labute approximate surface area is 148 Å². The van der Waals surface area contributed by atoms with Crippen LogP contribution in [0.3, 0.4) is 0 Å². The van der Waals surface area contributed by atoms with Gasteiger partial charge in [0.2, 0.25) is 0 Å². The number of halogens is 1. The second-order valence-electron chi connectivity index (χ2n) is 5.97. The molecule has 24 heavy (non-hydrogen) atoms. The van der Waals surface area contributed by atoms with Crippen LogP contribution in [0.15, 0.2) is 82.0 Å². The molecule has 0 aromatic heterocycles. The molecule has 2 aromatic carbocycles. The predicted octanol–water partition coefficient (Wildman–Crippen LogP) is 6.37. The highest BCUT2D eigenvalue weighted by atomic mass is 35.5. The number of aliphatic imine (C=N–C) groups is 1. The monoisotopic (exact) mass is 336 g/mol. The molecule has 1 aliphatic carbocycles. The van der Waals surface area contributed by atoms with Crippen molar-refractivity contribution < 1.29 is 0 Å². The van der Waals surface area contributed by atoms with E-state index in [2.05, 4.69) is 35.4 Å². The highest BCUT2D eigenvalue weighted by molar-refractivity contribution is 6.33. The van der Waals surface area contributed by atoms with E-state index in [1.807, 2.05) is 48.8 Å². The number of aryl methyl sites for hydroxylation is 1. The molecule has 0 saturated heterocycles. The summed E-state index contributed by atoms with van der Waals surface area (Å²) in [4.78, 5) is 4.53. The van der Waals surface area contributed by atoms with Gasteiger partial charge in [0.05, 0.1) is 5.69 Å². The summed E-state index contributed by atoms with van der Waals surface area (Å²) in [5, 5.41) is 4.18. The summed E-state index contributed by atoms with van der Waals surface area (Å²) in [6.45, 7) is 2.09. The Balaban J connectivity index is 1.76. The summed E-state index contributed by atoms with van der Waals surface area (Å²) in [6.07, 6.45) is 6.97. The summed E-state index contributed by atoms with van der Waals surface area (Å²) < 4.78 is 0. The van der Waals surface area contributed by atoms with Crippen LogP contribution in [0.5, 0.6) is 0 Å². The number of rotatable bonds is 4. The third-order valence-corrected chi connectivity index (χ3v) is 4.50. The molecule has 0 unspecified atom stereocenters. The Kier molecular flexibility index (Phi) is 5.50. The number of nitrogens with one attached hydrogen (secondary N) is 1. The smallest absolute Gasteiger partial charge is 0.0629 e. The Hall–Kier alpha value is -2.32. The number of para-hydroxylation sites is 1. The topological polar surface area (TPSA) is 24.4 Å². The van der Waals surface area contributed by atoms with Crippen LogP contribution in [0.2, 0.25) is 0 Å². The number of nitrogens with zero attached hydrogens (tertiary/aromatic N) is 1. The van der Waals surface area contributed by atoms with Crippen LogP contribution in [-0.4, -0.2) is 6.21 Å². The molecular formula is C21H21ClN2. The highest BCUT2D eigenvalue weighted by Crippen LogP contribution is 2.32. The van der Waals surface area contributed by atoms with Crippen LogP contribution < -0.4 is 5.32 Å². The fourth-order valence-corrected chi connectivity index (χ4v) is 3.02. The van der Waals surface area contributed by atoms with Crippen LogP contribution in [0.4, 0.5) is 11.4 Å². The van der Waals surface area contributed by atoms with Gasteiger partial charge in [0.1, 0.15) is 0 Å². The van der Waals surface area contributed by atoms with E-state index in [0.717, 1.165) is 46.8 Å². The zero-order chi connectivity index (χ0) is 16.8. The summed E-state index contributed by atoms with van der Waals surface area (Å²) in [6, 6.07) is 18.3. The summed E-state index contributed by atoms with van der Waals surface area (Å²) in [5.41, 5.74) is 5.50. The van der Waals surface area contributed by atoms with E-state index in [4.69, 9.17) is 11.6 Å². The van der Waals surface area contributed by atoms with E-state index in [9.17, 15) is 0 Å². The van der Waals surface area contributed by atoms with Gasteiger partial charge in [-0.1, -0.05) is 41.9 Å². The lowest BCUT2D eigenvalue weighted by Crippen LogP contribution is -2.02. The maximum atomic E-state index is 6.59. The van der Waals surface area contributed by atoms with Gasteiger partial charge in [0, 0.05) is 23.1 Å². The standard InChI is InChI=1S/C21H21ClN2/c1-16-7-5-12-20(13-16)24-15-18-9-6-8-17(21(18)22)14-23-19-10-3-2-4-11-19/h2-5,7,10-15,24H,6,8-9H2,1H3/b18-15+,23-14?. The van der Waals surface area contributed by atoms with Crippen molar-refractivity contribution in [1.82, 2.24) is 0 Å². The molecule has 0 radical (unpaired) electrons. The molecule has 0 aliphatic heterocycles. The normalized spacial score (nSPS) is 16.8. The molecule has 1 aliphatic rings. The zero-order valence-corrected chi connectivity index (χ0v) is 14.6. The van der Waals surface area contributed by atoms with E-state index in [1.54, 1.807) is 0 Å². The molecule has 0 bridgehead atoms. The van der Waals surface area contributed by atoms with Crippen molar-refractivity contribution >= 4 is 29.2 Å². The number of anilines is 1. The number of hydrogen-bond donors (Lipinski definition) is 1. The second-order valence-corrected chi connectivity index (χ2v) is 6.35. The fourth-order valence-electron chi connectivity index (χ4n) is 2.72. The lowest BCUT2D eigenvalue weighted by Gasteiger charge is -2.17. The van der Waals surface area contributed by atoms with Gasteiger partial charge >= 0.3 is 0 Å². The first-order chi connectivity index (χ1) is 11.7. The van der Waals surface area contributed by atoms with E-state index < -0.39 is 0 Å². The minimum Gasteiger partial charge on any atom is -0.361 e. The van der Waals surface area contributed by atoms with E-state index >= 15 is 0 Å². The van der Waals surface area contributed by atoms with Crippen LogP contribution >= 0.6 is 11.6 Å². The van der Waals surface area contributed by atoms with Crippen molar-refractivity contribution in [2.75, 3.05) is 5.32 Å². The Bertz CT molecular complexity index is 788. The van der Waals surface area contributed by atoms with Crippen molar-refractivity contribution in [2.45, 2.75) is 26.2 Å². The third kappa shape index (κ3) is 4.36. The lowest BCUT2D eigenvalue weighted by atomic mass is 9.96. The summed E-state index contributed by atoms with van der Waals surface area (Å²) in [5.74, 6) is 0. The van der Waals surface area contributed by atoms with Crippen molar-refractivity contribution in [3.05, 3.63) is 82.5 Å². The van der Waals surface area contributed by atoms with E-state index in [0.29, 0.717) is 0 Å². The molecule has 3 rings (SSSR count). The minimum absolute atomic E-state index is 0.820. The predicted molar refractivity (Wildman–Crippen MR) is 104 cm³/mol. The molecule has 0 heterocycles. The van der Waals surface area contributed by atoms with Crippen molar-refractivity contribution in [3.63, 3.8) is 0 Å². The molecule has 0 amide bonds. The molecule has 2 aromatic rings. The van der Waals surface area contributed by atoms with Crippen LogP contribution in [0, 0.1) is 6.92 Å². The molecule has 0 saturated carbocycles. The van der Waals surface area contributed by atoms with Gasteiger partial charge in [0.15, 0.2) is 0 Å². The molecule has 0 atom stereocenters. The van der Waals surface area contributed by atoms with Crippen molar-refractivity contribution in [1.29, 1.82) is 0 Å². The summed E-state index contributed by atoms with van der Waals surface area (Å²) >= 11 is 6.59. The largest absolute Gasteiger partial charge is 0.361 e. The SMILES string of the molecule is Cc1cccc(N/C=C2\CCCC(C=Nc3ccccc3)=C2Cl)c1. The molecule has 0 fully saturated rings. The van der Waals surface area contributed by atoms with Gasteiger partial charge in [-0.3, -0.25) is 4.99 Å². The molecule has 122 valence electrons. The number of benzene rings is 2. The van der Waals surface area contributed by atoms with Crippen LogP contribution in [-0.2, 0) is 0 Å². The Morgan fingerprint density at radius 2 is 1.88 bits per heavy atom. The molecule has 2 nitrogen and oxygen atoms in total. The van der Waals surface area contributed by atoms with Crippen LogP contribution in [0.1, 0.15) is 24.8 Å². The maximum absolute atomic E-state index is 6.59. The van der Waals surface area contributed by atoms with Crippen molar-refractivity contribution in [3.8, 4) is 0 Å². The second kappa shape index (κ2) is 7.98. The molecular weight excluding hydrogens is 316 g/mol. The number of hydrogen-bond acceptors (Lipinski definition) is 2. The Morgan fingerprint density at radius 1 is 1.04 bits per heavy atom. The number of allylic oxidation sites excluding steroid dienone is 3. The van der Waals surface area contributed by atoms with Gasteiger partial charge in [-0.05, 0) is 67.2 Å². The molecule has 0 spiro atoms. The van der Waals surface area contributed by atoms with Gasteiger partial charge in [-0.2, -0.15) is 0 Å². The first-order valence-corrected chi connectivity index (χ1v) is 8.60. The maximum Gasteiger partial charge on any atom is 0.0629 e. The third-order valence-electron chi connectivity index (χ3n) is 4.01. The quantitative estimate of drug-likeness (QED) is 0.644. The van der Waals surface area contributed by atoms with Gasteiger partial charge < -0.3 is 5.32 Å². The Morgan fingerprint density at radius 3 is 2.67 bits per heavy atom. The minimum atomic E-state index is 0.820. The van der Waals surface area contributed by atoms with Crippen molar-refractivity contribution in [2.24, 2.45) is 4.99 Å². The fraction of sp³-hybridized carbons (Fsp3) is 0.190. The summed E-state index contributed by atoms with van der Waals surface area (Å²) in [7, 11) is 0. The van der Waals surface area contributed by atoms with Crippen LogP contribution in [0.25, 0.3) is 0 Å². The van der Waals surface area contributed by atoms with Gasteiger partial charge in [-0.25, -0.2) is 0 Å². The molecule has 3 heteroatoms. The average molecular weight is 337 g/mol. The van der Waals surface area contributed by atoms with E-state index in [1.165, 1.54) is 5.56 Å². The van der Waals surface area contributed by atoms with Gasteiger partial charge in [0.25, 0.3) is 0 Å². The lowest BCUT2D eigenvalue weighted by molar-refractivity contribution is 0.800. The molecule has 1 N–H and O–H groups in total. The first-order valence-electron chi connectivity index (χ1n) is 8.23. The highest BCUT2D eigenvalue weighted by Gasteiger charge is 2.14. The van der Waals surface area contributed by atoms with Gasteiger partial charge in [-0.15, -0.1) is 0 Å². The average Bonchev–Trinajstić information content (AvgIpc) is 2.61. The first kappa shape index (κ1) is 16.5. The zero-order valence-electron chi connectivity index (χ0n) is 13.8.